The summed E-state index contributed by atoms with van der Waals surface area (Å²) in [5.74, 6) is 1.38. The number of carbonyl (C=O) groups is 1. The molecule has 150 valence electrons. The van der Waals surface area contributed by atoms with Gasteiger partial charge in [0, 0.05) is 37.8 Å². The van der Waals surface area contributed by atoms with Gasteiger partial charge in [-0.1, -0.05) is 60.3 Å². The number of aromatic nitrogens is 3. The molecule has 1 aliphatic rings. The van der Waals surface area contributed by atoms with E-state index in [1.54, 1.807) is 0 Å². The van der Waals surface area contributed by atoms with Crippen LogP contribution in [0.3, 0.4) is 0 Å². The molecule has 0 spiro atoms. The molecule has 4 rings (SSSR count). The van der Waals surface area contributed by atoms with Crippen LogP contribution in [0.2, 0.25) is 0 Å². The number of carbonyl (C=O) groups excluding carboxylic acids is 1. The largest absolute Gasteiger partial charge is 0.339 e. The fourth-order valence-electron chi connectivity index (χ4n) is 3.50. The molecule has 1 unspecified atom stereocenters. The van der Waals surface area contributed by atoms with Gasteiger partial charge in [0.1, 0.15) is 5.82 Å². The molecule has 1 aliphatic heterocycles. The second kappa shape index (κ2) is 9.24. The van der Waals surface area contributed by atoms with Crippen LogP contribution in [0.5, 0.6) is 0 Å². The van der Waals surface area contributed by atoms with E-state index < -0.39 is 0 Å². The number of amides is 1. The average Bonchev–Trinajstić information content (AvgIpc) is 3.15. The first-order valence-corrected chi connectivity index (χ1v) is 10.9. The van der Waals surface area contributed by atoms with Gasteiger partial charge in [0.25, 0.3) is 0 Å². The number of benzene rings is 2. The van der Waals surface area contributed by atoms with Crippen LogP contribution in [0.4, 0.5) is 0 Å². The molecule has 0 aliphatic carbocycles. The molecule has 0 bridgehead atoms. The van der Waals surface area contributed by atoms with Gasteiger partial charge in [0.05, 0.1) is 5.75 Å². The van der Waals surface area contributed by atoms with Gasteiger partial charge in [-0.2, -0.15) is 0 Å². The van der Waals surface area contributed by atoms with E-state index in [0.29, 0.717) is 18.2 Å². The number of para-hydroxylation sites is 1. The normalized spacial score (nSPS) is 16.7. The van der Waals surface area contributed by atoms with Gasteiger partial charge in [0.2, 0.25) is 5.91 Å². The van der Waals surface area contributed by atoms with Gasteiger partial charge in [-0.05, 0) is 24.6 Å². The van der Waals surface area contributed by atoms with Crippen LogP contribution >= 0.6 is 11.8 Å². The summed E-state index contributed by atoms with van der Waals surface area (Å²) in [6.07, 6.45) is 0.687. The van der Waals surface area contributed by atoms with Gasteiger partial charge in [-0.25, -0.2) is 0 Å². The minimum absolute atomic E-state index is 0.149. The molecule has 3 aromatic rings. The molecule has 1 amide bonds. The Morgan fingerprint density at radius 1 is 1.10 bits per heavy atom. The third kappa shape index (κ3) is 4.86. The van der Waals surface area contributed by atoms with Crippen molar-refractivity contribution in [2.24, 2.45) is 0 Å². The van der Waals surface area contributed by atoms with E-state index in [2.05, 4.69) is 39.1 Å². The van der Waals surface area contributed by atoms with Crippen LogP contribution in [-0.2, 0) is 11.2 Å². The third-order valence-corrected chi connectivity index (χ3v) is 5.88. The van der Waals surface area contributed by atoms with Crippen molar-refractivity contribution in [1.29, 1.82) is 0 Å². The predicted molar refractivity (Wildman–Crippen MR) is 115 cm³/mol. The van der Waals surface area contributed by atoms with E-state index in [-0.39, 0.29) is 5.91 Å². The maximum atomic E-state index is 12.7. The Morgan fingerprint density at radius 3 is 2.55 bits per heavy atom. The van der Waals surface area contributed by atoms with Crippen LogP contribution in [-0.4, -0.2) is 57.0 Å². The smallest absolute Gasteiger partial charge is 0.233 e. The highest BCUT2D eigenvalue weighted by molar-refractivity contribution is 7.99. The minimum Gasteiger partial charge on any atom is -0.339 e. The summed E-state index contributed by atoms with van der Waals surface area (Å²) in [4.78, 5) is 14.6. The lowest BCUT2D eigenvalue weighted by atomic mass is 10.1. The number of piperazine rings is 1. The molecule has 0 saturated carbocycles. The Morgan fingerprint density at radius 2 is 1.83 bits per heavy atom. The fraction of sp³-hybridized carbons (Fsp3) is 0.318. The molecule has 1 saturated heterocycles. The Labute approximate surface area is 175 Å². The zero-order valence-electron chi connectivity index (χ0n) is 16.5. The molecular weight excluding hydrogens is 382 g/mol. The van der Waals surface area contributed by atoms with Crippen LogP contribution in [0.25, 0.3) is 5.69 Å². The summed E-state index contributed by atoms with van der Waals surface area (Å²) in [6, 6.07) is 20.7. The van der Waals surface area contributed by atoms with E-state index in [1.807, 2.05) is 53.4 Å². The van der Waals surface area contributed by atoms with Crippen LogP contribution in [0.15, 0.2) is 65.8 Å². The van der Waals surface area contributed by atoms with Crippen molar-refractivity contribution in [1.82, 2.24) is 25.0 Å². The van der Waals surface area contributed by atoms with Gasteiger partial charge < -0.3 is 10.2 Å². The summed E-state index contributed by atoms with van der Waals surface area (Å²) in [5, 5.41) is 13.0. The number of hydrogen-bond acceptors (Lipinski definition) is 5. The summed E-state index contributed by atoms with van der Waals surface area (Å²) >= 11 is 1.45. The fourth-order valence-corrected chi connectivity index (χ4v) is 4.37. The Kier molecular flexibility index (Phi) is 6.27. The lowest BCUT2D eigenvalue weighted by molar-refractivity contribution is -0.129. The summed E-state index contributed by atoms with van der Waals surface area (Å²) in [5.41, 5.74) is 2.19. The zero-order valence-corrected chi connectivity index (χ0v) is 17.3. The molecule has 29 heavy (non-hydrogen) atoms. The molecule has 7 heteroatoms. The van der Waals surface area contributed by atoms with Crippen molar-refractivity contribution in [3.8, 4) is 5.69 Å². The van der Waals surface area contributed by atoms with Crippen LogP contribution in [0, 0.1) is 0 Å². The Balaban J connectivity index is 1.54. The zero-order chi connectivity index (χ0) is 20.1. The summed E-state index contributed by atoms with van der Waals surface area (Å²) in [7, 11) is 0. The Hall–Kier alpha value is -2.64. The molecular formula is C22H25N5OS. The SMILES string of the molecule is CC1CN(C(=O)CSc2nnc(Cc3ccccc3)n2-c2ccccc2)CCN1. The Bertz CT molecular complexity index is 944. The van der Waals surface area contributed by atoms with Crippen molar-refractivity contribution in [3.05, 3.63) is 72.1 Å². The number of rotatable bonds is 6. The molecule has 2 aromatic carbocycles. The van der Waals surface area contributed by atoms with Crippen LogP contribution < -0.4 is 5.32 Å². The molecule has 1 fully saturated rings. The minimum atomic E-state index is 0.149. The topological polar surface area (TPSA) is 63.1 Å². The van der Waals surface area contributed by atoms with Gasteiger partial charge >= 0.3 is 0 Å². The number of nitrogens with zero attached hydrogens (tertiary/aromatic N) is 4. The first-order chi connectivity index (χ1) is 14.2. The van der Waals surface area contributed by atoms with Gasteiger partial charge in [-0.3, -0.25) is 9.36 Å². The number of thioether (sulfide) groups is 1. The van der Waals surface area contributed by atoms with Crippen molar-refractivity contribution in [2.75, 3.05) is 25.4 Å². The van der Waals surface area contributed by atoms with E-state index >= 15 is 0 Å². The highest BCUT2D eigenvalue weighted by atomic mass is 32.2. The van der Waals surface area contributed by atoms with Gasteiger partial charge in [0.15, 0.2) is 5.16 Å². The standard InChI is InChI=1S/C22H25N5OS/c1-17-15-26(13-12-23-17)21(28)16-29-22-25-24-20(14-18-8-4-2-5-9-18)27(22)19-10-6-3-7-11-19/h2-11,17,23H,12-16H2,1H3. The second-order valence-electron chi connectivity index (χ2n) is 7.22. The van der Waals surface area contributed by atoms with E-state index in [1.165, 1.54) is 17.3 Å². The first-order valence-electron chi connectivity index (χ1n) is 9.88. The number of hydrogen-bond donors (Lipinski definition) is 1. The maximum absolute atomic E-state index is 12.7. The van der Waals surface area contributed by atoms with Crippen molar-refractivity contribution in [3.63, 3.8) is 0 Å². The van der Waals surface area contributed by atoms with Crippen molar-refractivity contribution >= 4 is 17.7 Å². The molecule has 1 N–H and O–H groups in total. The molecule has 6 nitrogen and oxygen atoms in total. The van der Waals surface area contributed by atoms with Crippen molar-refractivity contribution < 1.29 is 4.79 Å². The number of nitrogens with one attached hydrogen (secondary N) is 1. The van der Waals surface area contributed by atoms with E-state index in [4.69, 9.17) is 0 Å². The monoisotopic (exact) mass is 407 g/mol. The predicted octanol–water partition coefficient (Wildman–Crippen LogP) is 2.77. The van der Waals surface area contributed by atoms with Gasteiger partial charge in [-0.15, -0.1) is 10.2 Å². The third-order valence-electron chi connectivity index (χ3n) is 4.97. The second-order valence-corrected chi connectivity index (χ2v) is 8.16. The highest BCUT2D eigenvalue weighted by Crippen LogP contribution is 2.24. The van der Waals surface area contributed by atoms with E-state index in [0.717, 1.165) is 36.3 Å². The lowest BCUT2D eigenvalue weighted by Gasteiger charge is -2.31. The molecule has 1 aromatic heterocycles. The molecule has 2 heterocycles. The first kappa shape index (κ1) is 19.7. The molecule has 0 radical (unpaired) electrons. The maximum Gasteiger partial charge on any atom is 0.233 e. The quantitative estimate of drug-likeness (QED) is 0.637. The van der Waals surface area contributed by atoms with Crippen LogP contribution in [0.1, 0.15) is 18.3 Å². The summed E-state index contributed by atoms with van der Waals surface area (Å²) in [6.45, 7) is 4.46. The summed E-state index contributed by atoms with van der Waals surface area (Å²) < 4.78 is 2.06. The molecule has 1 atom stereocenters. The lowest BCUT2D eigenvalue weighted by Crippen LogP contribution is -2.51. The van der Waals surface area contributed by atoms with Crippen molar-refractivity contribution in [2.45, 2.75) is 24.5 Å². The van der Waals surface area contributed by atoms with E-state index in [9.17, 15) is 4.79 Å². The average molecular weight is 408 g/mol. The highest BCUT2D eigenvalue weighted by Gasteiger charge is 2.22.